The minimum Gasteiger partial charge on any atom is -0.495 e. The molecule has 0 aliphatic carbocycles. The second kappa shape index (κ2) is 7.78. The van der Waals surface area contributed by atoms with Crippen LogP contribution >= 0.6 is 11.8 Å². The number of carbonyl (C=O) groups is 1. The first-order chi connectivity index (χ1) is 12.2. The van der Waals surface area contributed by atoms with Crippen LogP contribution in [0, 0.1) is 10.1 Å². The largest absolute Gasteiger partial charge is 0.495 e. The SMILES string of the molecule is COc1ccc(C(C)(C)C)cc1NC(=O)c1ccc(SC)c([N+](=O)[O-])c1. The van der Waals surface area contributed by atoms with Crippen LogP contribution < -0.4 is 10.1 Å². The molecule has 2 aromatic carbocycles. The molecule has 1 amide bonds. The van der Waals surface area contributed by atoms with Crippen LogP contribution in [0.2, 0.25) is 0 Å². The van der Waals surface area contributed by atoms with Crippen LogP contribution in [0.4, 0.5) is 11.4 Å². The summed E-state index contributed by atoms with van der Waals surface area (Å²) in [4.78, 5) is 23.9. The normalized spacial score (nSPS) is 11.1. The number of hydrogen-bond acceptors (Lipinski definition) is 5. The van der Waals surface area contributed by atoms with Gasteiger partial charge in [0.25, 0.3) is 11.6 Å². The fourth-order valence-corrected chi connectivity index (χ4v) is 2.99. The number of nitrogens with zero attached hydrogens (tertiary/aromatic N) is 1. The minimum absolute atomic E-state index is 0.0828. The van der Waals surface area contributed by atoms with Crippen molar-refractivity contribution in [3.05, 3.63) is 57.6 Å². The topological polar surface area (TPSA) is 81.5 Å². The molecule has 0 aromatic heterocycles. The highest BCUT2D eigenvalue weighted by Crippen LogP contribution is 2.32. The first-order valence-electron chi connectivity index (χ1n) is 7.99. The molecule has 0 bridgehead atoms. The van der Waals surface area contributed by atoms with E-state index in [0.29, 0.717) is 16.3 Å². The predicted molar refractivity (Wildman–Crippen MR) is 105 cm³/mol. The Kier molecular flexibility index (Phi) is 5.92. The van der Waals surface area contributed by atoms with Gasteiger partial charge in [0.05, 0.1) is 22.6 Å². The lowest BCUT2D eigenvalue weighted by atomic mass is 9.87. The molecule has 2 aromatic rings. The first-order valence-corrected chi connectivity index (χ1v) is 9.22. The maximum Gasteiger partial charge on any atom is 0.283 e. The van der Waals surface area contributed by atoms with E-state index in [0.717, 1.165) is 5.56 Å². The van der Waals surface area contributed by atoms with E-state index in [2.05, 4.69) is 26.1 Å². The van der Waals surface area contributed by atoms with E-state index >= 15 is 0 Å². The quantitative estimate of drug-likeness (QED) is 0.458. The van der Waals surface area contributed by atoms with Crippen LogP contribution in [0.1, 0.15) is 36.7 Å². The van der Waals surface area contributed by atoms with Gasteiger partial charge in [-0.05, 0) is 41.5 Å². The number of nitro benzene ring substituents is 1. The summed E-state index contributed by atoms with van der Waals surface area (Å²) in [6, 6.07) is 10.1. The molecule has 7 heteroatoms. The van der Waals surface area contributed by atoms with Gasteiger partial charge in [-0.2, -0.15) is 0 Å². The van der Waals surface area contributed by atoms with Crippen molar-refractivity contribution >= 4 is 29.0 Å². The highest BCUT2D eigenvalue weighted by molar-refractivity contribution is 7.98. The Bertz CT molecular complexity index is 844. The van der Waals surface area contributed by atoms with Crippen LogP contribution in [0.15, 0.2) is 41.3 Å². The van der Waals surface area contributed by atoms with Gasteiger partial charge in [-0.15, -0.1) is 11.8 Å². The third-order valence-corrected chi connectivity index (χ3v) is 4.74. The number of methoxy groups -OCH3 is 1. The zero-order valence-corrected chi connectivity index (χ0v) is 16.3. The molecule has 0 saturated carbocycles. The molecule has 0 heterocycles. The molecule has 0 saturated heterocycles. The number of carbonyl (C=O) groups excluding carboxylic acids is 1. The summed E-state index contributed by atoms with van der Waals surface area (Å²) in [5.74, 6) is 0.103. The summed E-state index contributed by atoms with van der Waals surface area (Å²) in [6.07, 6.45) is 1.75. The van der Waals surface area contributed by atoms with Gasteiger partial charge in [0.2, 0.25) is 0 Å². The summed E-state index contributed by atoms with van der Waals surface area (Å²) >= 11 is 1.27. The van der Waals surface area contributed by atoms with Crippen molar-refractivity contribution in [2.75, 3.05) is 18.7 Å². The van der Waals surface area contributed by atoms with E-state index < -0.39 is 10.8 Å². The molecule has 138 valence electrons. The molecule has 26 heavy (non-hydrogen) atoms. The molecule has 0 atom stereocenters. The Morgan fingerprint density at radius 2 is 1.88 bits per heavy atom. The average Bonchev–Trinajstić information content (AvgIpc) is 2.60. The molecule has 0 spiro atoms. The average molecular weight is 374 g/mol. The van der Waals surface area contributed by atoms with Crippen LogP contribution in [0.25, 0.3) is 0 Å². The lowest BCUT2D eigenvalue weighted by Gasteiger charge is -2.21. The van der Waals surface area contributed by atoms with Crippen LogP contribution in [-0.4, -0.2) is 24.2 Å². The summed E-state index contributed by atoms with van der Waals surface area (Å²) in [7, 11) is 1.53. The summed E-state index contributed by atoms with van der Waals surface area (Å²) < 4.78 is 5.32. The highest BCUT2D eigenvalue weighted by atomic mass is 32.2. The molecule has 6 nitrogen and oxygen atoms in total. The Morgan fingerprint density at radius 1 is 1.19 bits per heavy atom. The van der Waals surface area contributed by atoms with Gasteiger partial charge in [-0.1, -0.05) is 26.8 Å². The van der Waals surface area contributed by atoms with Crippen molar-refractivity contribution in [1.29, 1.82) is 0 Å². The van der Waals surface area contributed by atoms with Gasteiger partial charge in [0.1, 0.15) is 5.75 Å². The zero-order chi connectivity index (χ0) is 19.5. The summed E-state index contributed by atoms with van der Waals surface area (Å²) in [6.45, 7) is 6.22. The number of anilines is 1. The number of nitrogens with one attached hydrogen (secondary N) is 1. The van der Waals surface area contributed by atoms with Gasteiger partial charge in [-0.25, -0.2) is 0 Å². The Labute approximate surface area is 157 Å². The molecule has 1 N–H and O–H groups in total. The van der Waals surface area contributed by atoms with Crippen molar-refractivity contribution < 1.29 is 14.5 Å². The van der Waals surface area contributed by atoms with Crippen LogP contribution in [0.5, 0.6) is 5.75 Å². The predicted octanol–water partition coefficient (Wildman–Crippen LogP) is 4.88. The van der Waals surface area contributed by atoms with E-state index in [9.17, 15) is 14.9 Å². The molecule has 0 aliphatic rings. The molecule has 0 fully saturated rings. The van der Waals surface area contributed by atoms with Gasteiger partial charge in [0, 0.05) is 11.6 Å². The fourth-order valence-electron chi connectivity index (χ4n) is 2.44. The number of nitro groups is 1. The van der Waals surface area contributed by atoms with E-state index in [4.69, 9.17) is 4.74 Å². The second-order valence-corrected chi connectivity index (χ2v) is 7.61. The lowest BCUT2D eigenvalue weighted by Crippen LogP contribution is -2.15. The molecule has 0 aliphatic heterocycles. The first kappa shape index (κ1) is 19.8. The van der Waals surface area contributed by atoms with Gasteiger partial charge >= 0.3 is 0 Å². The van der Waals surface area contributed by atoms with E-state index in [1.54, 1.807) is 24.5 Å². The Morgan fingerprint density at radius 3 is 2.42 bits per heavy atom. The standard InChI is InChI=1S/C19H22N2O4S/c1-19(2,3)13-7-8-16(25-4)14(11-13)20-18(22)12-6-9-17(26-5)15(10-12)21(23)24/h6-11H,1-5H3,(H,20,22). The molecule has 2 rings (SSSR count). The molecular weight excluding hydrogens is 352 g/mol. The lowest BCUT2D eigenvalue weighted by molar-refractivity contribution is -0.387. The Hall–Kier alpha value is -2.54. The summed E-state index contributed by atoms with van der Waals surface area (Å²) in [5, 5.41) is 14.0. The number of hydrogen-bond donors (Lipinski definition) is 1. The van der Waals surface area contributed by atoms with Crippen molar-refractivity contribution in [1.82, 2.24) is 0 Å². The maximum absolute atomic E-state index is 12.6. The third kappa shape index (κ3) is 4.35. The van der Waals surface area contributed by atoms with Gasteiger partial charge < -0.3 is 10.1 Å². The van der Waals surface area contributed by atoms with Crippen molar-refractivity contribution in [3.8, 4) is 5.75 Å². The van der Waals surface area contributed by atoms with Crippen molar-refractivity contribution in [3.63, 3.8) is 0 Å². The Balaban J connectivity index is 2.38. The minimum atomic E-state index is -0.483. The fraction of sp³-hybridized carbons (Fsp3) is 0.316. The van der Waals surface area contributed by atoms with Crippen LogP contribution in [-0.2, 0) is 5.41 Å². The number of amides is 1. The maximum atomic E-state index is 12.6. The second-order valence-electron chi connectivity index (χ2n) is 6.76. The number of rotatable bonds is 5. The van der Waals surface area contributed by atoms with E-state index in [-0.39, 0.29) is 16.7 Å². The smallest absolute Gasteiger partial charge is 0.283 e. The summed E-state index contributed by atoms with van der Waals surface area (Å²) in [5.41, 5.74) is 1.61. The molecule has 0 radical (unpaired) electrons. The number of thioether (sulfide) groups is 1. The van der Waals surface area contributed by atoms with Crippen LogP contribution in [0.3, 0.4) is 0 Å². The van der Waals surface area contributed by atoms with Crippen molar-refractivity contribution in [2.24, 2.45) is 0 Å². The van der Waals surface area contributed by atoms with E-state index in [1.807, 2.05) is 12.1 Å². The highest BCUT2D eigenvalue weighted by Gasteiger charge is 2.20. The third-order valence-electron chi connectivity index (χ3n) is 3.95. The van der Waals surface area contributed by atoms with E-state index in [1.165, 1.54) is 24.9 Å². The number of ether oxygens (including phenoxy) is 1. The molecular formula is C19H22N2O4S. The number of benzene rings is 2. The monoisotopic (exact) mass is 374 g/mol. The molecule has 0 unspecified atom stereocenters. The zero-order valence-electron chi connectivity index (χ0n) is 15.5. The van der Waals surface area contributed by atoms with Gasteiger partial charge in [0.15, 0.2) is 0 Å². The van der Waals surface area contributed by atoms with Crippen molar-refractivity contribution in [2.45, 2.75) is 31.1 Å². The van der Waals surface area contributed by atoms with Gasteiger partial charge in [-0.3, -0.25) is 14.9 Å².